The molecule has 3 rings (SSSR count). The fourth-order valence-corrected chi connectivity index (χ4v) is 4.73. The second-order valence-electron chi connectivity index (χ2n) is 10.1. The van der Waals surface area contributed by atoms with Crippen molar-refractivity contribution in [1.29, 1.82) is 0 Å². The largest absolute Gasteiger partial charge is 0.382 e. The zero-order valence-corrected chi connectivity index (χ0v) is 25.9. The highest BCUT2D eigenvalue weighted by Crippen LogP contribution is 2.19. The standard InChI is InChI=1S/C32H43BrN4O3/c1-5-7-18-36(23-29-12-9-19-35(29)22-27-14-16-28(33)17-15-27)31(38)24-37(20-10-21-40-6-2)32(39)34-30-13-8-11-25(3)26(30)4/h8-9,11-17,19H,5-7,10,18,20-24H2,1-4H3,(H,34,39). The van der Waals surface area contributed by atoms with Crippen LogP contribution in [0.1, 0.15) is 55.5 Å². The number of rotatable bonds is 15. The quantitative estimate of drug-likeness (QED) is 0.188. The van der Waals surface area contributed by atoms with Gasteiger partial charge in [-0.05, 0) is 80.6 Å². The van der Waals surface area contributed by atoms with E-state index in [2.05, 4.69) is 57.1 Å². The lowest BCUT2D eigenvalue weighted by Gasteiger charge is -2.28. The lowest BCUT2D eigenvalue weighted by molar-refractivity contribution is -0.132. The number of aryl methyl sites for hydroxylation is 1. The van der Waals surface area contributed by atoms with Crippen LogP contribution in [0.5, 0.6) is 0 Å². The molecule has 0 aliphatic rings. The number of carbonyl (C=O) groups is 2. The number of benzene rings is 2. The van der Waals surface area contributed by atoms with Gasteiger partial charge in [0.25, 0.3) is 0 Å². The number of ether oxygens (including phenoxy) is 1. The van der Waals surface area contributed by atoms with E-state index in [1.165, 1.54) is 5.56 Å². The van der Waals surface area contributed by atoms with Gasteiger partial charge in [0.1, 0.15) is 6.54 Å². The molecule has 0 spiro atoms. The average molecular weight is 612 g/mol. The van der Waals surface area contributed by atoms with Crippen molar-refractivity contribution in [3.05, 3.63) is 87.7 Å². The number of urea groups is 1. The Morgan fingerprint density at radius 3 is 2.42 bits per heavy atom. The molecule has 0 aliphatic carbocycles. The van der Waals surface area contributed by atoms with E-state index in [1.807, 2.05) is 62.1 Å². The second-order valence-corrected chi connectivity index (χ2v) is 11.0. The van der Waals surface area contributed by atoms with Crippen molar-refractivity contribution in [1.82, 2.24) is 14.4 Å². The molecule has 3 aromatic rings. The highest BCUT2D eigenvalue weighted by molar-refractivity contribution is 9.10. The lowest BCUT2D eigenvalue weighted by atomic mass is 10.1. The third-order valence-electron chi connectivity index (χ3n) is 7.06. The van der Waals surface area contributed by atoms with Crippen molar-refractivity contribution in [3.8, 4) is 0 Å². The molecule has 0 saturated carbocycles. The minimum Gasteiger partial charge on any atom is -0.382 e. The van der Waals surface area contributed by atoms with Gasteiger partial charge >= 0.3 is 6.03 Å². The van der Waals surface area contributed by atoms with E-state index in [4.69, 9.17) is 4.74 Å². The van der Waals surface area contributed by atoms with Crippen LogP contribution in [0.4, 0.5) is 10.5 Å². The molecule has 1 N–H and O–H groups in total. The zero-order valence-electron chi connectivity index (χ0n) is 24.3. The van der Waals surface area contributed by atoms with Crippen molar-refractivity contribution in [2.45, 2.75) is 60.0 Å². The lowest BCUT2D eigenvalue weighted by Crippen LogP contribution is -2.45. The number of carbonyl (C=O) groups excluding carboxylic acids is 2. The summed E-state index contributed by atoms with van der Waals surface area (Å²) in [4.78, 5) is 30.6. The highest BCUT2D eigenvalue weighted by Gasteiger charge is 2.23. The smallest absolute Gasteiger partial charge is 0.322 e. The van der Waals surface area contributed by atoms with Gasteiger partial charge in [0.15, 0.2) is 0 Å². The molecule has 1 aromatic heterocycles. The molecule has 0 unspecified atom stereocenters. The number of hydrogen-bond acceptors (Lipinski definition) is 3. The minimum absolute atomic E-state index is 0.0138. The fraction of sp³-hybridized carbons (Fsp3) is 0.438. The van der Waals surface area contributed by atoms with Gasteiger partial charge in [-0.15, -0.1) is 0 Å². The summed E-state index contributed by atoms with van der Waals surface area (Å²) in [6.07, 6.45) is 4.59. The average Bonchev–Trinajstić information content (AvgIpc) is 3.38. The molecule has 0 saturated heterocycles. The number of halogens is 1. The summed E-state index contributed by atoms with van der Waals surface area (Å²) in [6, 6.07) is 17.9. The molecule has 216 valence electrons. The predicted molar refractivity (Wildman–Crippen MR) is 166 cm³/mol. The first-order valence-corrected chi connectivity index (χ1v) is 15.0. The van der Waals surface area contributed by atoms with Gasteiger partial charge in [0.2, 0.25) is 5.91 Å². The third kappa shape index (κ3) is 9.52. The Hall–Kier alpha value is -3.10. The van der Waals surface area contributed by atoms with Crippen LogP contribution in [-0.4, -0.2) is 59.2 Å². The number of aromatic nitrogens is 1. The summed E-state index contributed by atoms with van der Waals surface area (Å²) in [5.74, 6) is -0.0580. The Morgan fingerprint density at radius 2 is 1.70 bits per heavy atom. The molecular formula is C32H43BrN4O3. The van der Waals surface area contributed by atoms with E-state index in [-0.39, 0.29) is 18.5 Å². The van der Waals surface area contributed by atoms with Crippen LogP contribution in [0.25, 0.3) is 0 Å². The fourth-order valence-electron chi connectivity index (χ4n) is 4.47. The maximum Gasteiger partial charge on any atom is 0.322 e. The molecule has 0 radical (unpaired) electrons. The van der Waals surface area contributed by atoms with Crippen LogP contribution in [0.15, 0.2) is 65.3 Å². The van der Waals surface area contributed by atoms with Crippen LogP contribution in [0.3, 0.4) is 0 Å². The summed E-state index contributed by atoms with van der Waals surface area (Å²) < 4.78 is 8.73. The zero-order chi connectivity index (χ0) is 28.9. The Labute approximate surface area is 247 Å². The second kappa shape index (κ2) is 16.2. The summed E-state index contributed by atoms with van der Waals surface area (Å²) in [5, 5.41) is 3.03. The normalized spacial score (nSPS) is 10.9. The summed E-state index contributed by atoms with van der Waals surface area (Å²) in [7, 11) is 0. The summed E-state index contributed by atoms with van der Waals surface area (Å²) in [6.45, 7) is 11.6. The Morgan fingerprint density at radius 1 is 0.950 bits per heavy atom. The van der Waals surface area contributed by atoms with Crippen LogP contribution in [0.2, 0.25) is 0 Å². The minimum atomic E-state index is -0.271. The van der Waals surface area contributed by atoms with Crippen molar-refractivity contribution >= 4 is 33.6 Å². The Balaban J connectivity index is 1.74. The van der Waals surface area contributed by atoms with Gasteiger partial charge in [0, 0.05) is 54.9 Å². The van der Waals surface area contributed by atoms with Crippen LogP contribution < -0.4 is 5.32 Å². The number of nitrogens with one attached hydrogen (secondary N) is 1. The number of hydrogen-bond donors (Lipinski definition) is 1. The first-order chi connectivity index (χ1) is 19.3. The van der Waals surface area contributed by atoms with E-state index in [0.717, 1.165) is 46.4 Å². The van der Waals surface area contributed by atoms with Crippen molar-refractivity contribution < 1.29 is 14.3 Å². The van der Waals surface area contributed by atoms with Crippen LogP contribution in [0, 0.1) is 13.8 Å². The number of nitrogens with zero attached hydrogens (tertiary/aromatic N) is 3. The highest BCUT2D eigenvalue weighted by atomic mass is 79.9. The molecular weight excluding hydrogens is 568 g/mol. The maximum absolute atomic E-state index is 13.7. The van der Waals surface area contributed by atoms with E-state index in [9.17, 15) is 9.59 Å². The first kappa shape index (κ1) is 31.4. The number of unbranched alkanes of at least 4 members (excludes halogenated alkanes) is 1. The third-order valence-corrected chi connectivity index (χ3v) is 7.59. The van der Waals surface area contributed by atoms with E-state index < -0.39 is 0 Å². The molecule has 0 atom stereocenters. The molecule has 8 heteroatoms. The molecule has 3 amide bonds. The molecule has 1 heterocycles. The van der Waals surface area contributed by atoms with Crippen molar-refractivity contribution in [3.63, 3.8) is 0 Å². The van der Waals surface area contributed by atoms with Crippen LogP contribution >= 0.6 is 15.9 Å². The SMILES string of the molecule is CCCCN(Cc1cccn1Cc1ccc(Br)cc1)C(=O)CN(CCCOCC)C(=O)Nc1cccc(C)c1C. The molecule has 0 bridgehead atoms. The van der Waals surface area contributed by atoms with Gasteiger partial charge < -0.3 is 24.4 Å². The van der Waals surface area contributed by atoms with E-state index in [1.54, 1.807) is 4.90 Å². The Kier molecular flexibility index (Phi) is 12.8. The van der Waals surface area contributed by atoms with Crippen LogP contribution in [-0.2, 0) is 22.6 Å². The van der Waals surface area contributed by atoms with Gasteiger partial charge in [-0.1, -0.05) is 53.5 Å². The molecule has 2 aromatic carbocycles. The van der Waals surface area contributed by atoms with E-state index >= 15 is 0 Å². The first-order valence-electron chi connectivity index (χ1n) is 14.2. The van der Waals surface area contributed by atoms with Crippen molar-refractivity contribution in [2.75, 3.05) is 38.2 Å². The summed E-state index contributed by atoms with van der Waals surface area (Å²) in [5.41, 5.74) is 5.15. The topological polar surface area (TPSA) is 66.8 Å². The van der Waals surface area contributed by atoms with Gasteiger partial charge in [0.05, 0.1) is 6.54 Å². The van der Waals surface area contributed by atoms with Gasteiger partial charge in [-0.2, -0.15) is 0 Å². The van der Waals surface area contributed by atoms with E-state index in [0.29, 0.717) is 39.3 Å². The Bertz CT molecular complexity index is 1230. The monoisotopic (exact) mass is 610 g/mol. The molecule has 0 aliphatic heterocycles. The molecule has 40 heavy (non-hydrogen) atoms. The van der Waals surface area contributed by atoms with Gasteiger partial charge in [-0.3, -0.25) is 4.79 Å². The van der Waals surface area contributed by atoms with Crippen molar-refractivity contribution in [2.24, 2.45) is 0 Å². The van der Waals surface area contributed by atoms with Gasteiger partial charge in [-0.25, -0.2) is 4.79 Å². The maximum atomic E-state index is 13.7. The molecule has 0 fully saturated rings. The number of anilines is 1. The predicted octanol–water partition coefficient (Wildman–Crippen LogP) is 7.01. The number of amides is 3. The summed E-state index contributed by atoms with van der Waals surface area (Å²) >= 11 is 3.50. The molecule has 7 nitrogen and oxygen atoms in total.